The maximum Gasteiger partial charge on any atom is 0.341 e. The largest absolute Gasteiger partial charge is 0.462 e. The van der Waals surface area contributed by atoms with Crippen LogP contribution in [0.2, 0.25) is 0 Å². The number of esters is 1. The summed E-state index contributed by atoms with van der Waals surface area (Å²) in [6.45, 7) is 2.76. The van der Waals surface area contributed by atoms with Gasteiger partial charge in [0.15, 0.2) is 0 Å². The summed E-state index contributed by atoms with van der Waals surface area (Å²) in [5.74, 6) is 0.143. The Bertz CT molecular complexity index is 867. The minimum Gasteiger partial charge on any atom is -0.462 e. The molecule has 5 nitrogen and oxygen atoms in total. The standard InChI is InChI=1S/C21H21N3O2/c1-3-26-20(25)18-14-22-21(23-19(18)17-12-8-5-9-13-17)24(2)15-16-10-6-4-7-11-16/h4-14H,3,15H2,1-2H3. The van der Waals surface area contributed by atoms with E-state index >= 15 is 0 Å². The molecule has 1 heterocycles. The number of ether oxygens (including phenoxy) is 1. The van der Waals surface area contributed by atoms with Crippen LogP contribution in [0.4, 0.5) is 5.95 Å². The van der Waals surface area contributed by atoms with Crippen molar-refractivity contribution in [2.75, 3.05) is 18.6 Å². The molecular formula is C21H21N3O2. The zero-order valence-electron chi connectivity index (χ0n) is 14.9. The van der Waals surface area contributed by atoms with Gasteiger partial charge in [-0.1, -0.05) is 60.7 Å². The van der Waals surface area contributed by atoms with E-state index in [-0.39, 0.29) is 0 Å². The van der Waals surface area contributed by atoms with Gasteiger partial charge >= 0.3 is 5.97 Å². The van der Waals surface area contributed by atoms with Gasteiger partial charge in [0.25, 0.3) is 0 Å². The highest BCUT2D eigenvalue weighted by Gasteiger charge is 2.18. The first-order chi connectivity index (χ1) is 12.7. The lowest BCUT2D eigenvalue weighted by Gasteiger charge is -2.18. The van der Waals surface area contributed by atoms with Crippen LogP contribution in [-0.4, -0.2) is 29.6 Å². The molecule has 3 rings (SSSR count). The van der Waals surface area contributed by atoms with E-state index in [0.29, 0.717) is 30.4 Å². The molecule has 0 bridgehead atoms. The predicted octanol–water partition coefficient (Wildman–Crippen LogP) is 3.96. The lowest BCUT2D eigenvalue weighted by molar-refractivity contribution is 0.0526. The Balaban J connectivity index is 1.96. The third-order valence-electron chi connectivity index (χ3n) is 3.92. The molecule has 0 fully saturated rings. The third-order valence-corrected chi connectivity index (χ3v) is 3.92. The second-order valence-corrected chi connectivity index (χ2v) is 5.86. The Morgan fingerprint density at radius 3 is 2.35 bits per heavy atom. The van der Waals surface area contributed by atoms with Crippen LogP contribution in [0.25, 0.3) is 11.3 Å². The fraction of sp³-hybridized carbons (Fsp3) is 0.190. The molecule has 26 heavy (non-hydrogen) atoms. The number of hydrogen-bond donors (Lipinski definition) is 0. The minimum absolute atomic E-state index is 0.308. The molecule has 0 amide bonds. The molecule has 0 aliphatic carbocycles. The summed E-state index contributed by atoms with van der Waals surface area (Å²) in [6, 6.07) is 19.7. The van der Waals surface area contributed by atoms with Crippen molar-refractivity contribution in [2.45, 2.75) is 13.5 Å². The predicted molar refractivity (Wildman–Crippen MR) is 102 cm³/mol. The van der Waals surface area contributed by atoms with Crippen molar-refractivity contribution < 1.29 is 9.53 Å². The molecule has 0 spiro atoms. The van der Waals surface area contributed by atoms with Crippen molar-refractivity contribution in [1.82, 2.24) is 9.97 Å². The van der Waals surface area contributed by atoms with Gasteiger partial charge in [-0.2, -0.15) is 0 Å². The van der Waals surface area contributed by atoms with E-state index in [2.05, 4.69) is 22.1 Å². The van der Waals surface area contributed by atoms with E-state index in [4.69, 9.17) is 4.74 Å². The van der Waals surface area contributed by atoms with E-state index in [1.807, 2.05) is 60.5 Å². The number of carbonyl (C=O) groups excluding carboxylic acids is 1. The lowest BCUT2D eigenvalue weighted by Crippen LogP contribution is -2.20. The van der Waals surface area contributed by atoms with Crippen LogP contribution in [0, 0.1) is 0 Å². The van der Waals surface area contributed by atoms with Gasteiger partial charge in [-0.05, 0) is 12.5 Å². The van der Waals surface area contributed by atoms with Crippen molar-refractivity contribution in [3.05, 3.63) is 78.0 Å². The second kappa shape index (κ2) is 8.25. The molecular weight excluding hydrogens is 326 g/mol. The molecule has 0 unspecified atom stereocenters. The van der Waals surface area contributed by atoms with Gasteiger partial charge in [-0.3, -0.25) is 0 Å². The lowest BCUT2D eigenvalue weighted by atomic mass is 10.1. The highest BCUT2D eigenvalue weighted by Crippen LogP contribution is 2.24. The molecule has 0 aliphatic heterocycles. The van der Waals surface area contributed by atoms with Gasteiger partial charge in [0.05, 0.1) is 12.3 Å². The number of aromatic nitrogens is 2. The van der Waals surface area contributed by atoms with Gasteiger partial charge < -0.3 is 9.64 Å². The average molecular weight is 347 g/mol. The zero-order chi connectivity index (χ0) is 18.4. The van der Waals surface area contributed by atoms with Crippen molar-refractivity contribution in [3.63, 3.8) is 0 Å². The third kappa shape index (κ3) is 4.06. The first-order valence-electron chi connectivity index (χ1n) is 8.53. The van der Waals surface area contributed by atoms with Crippen LogP contribution >= 0.6 is 0 Å². The smallest absolute Gasteiger partial charge is 0.341 e. The molecule has 132 valence electrons. The maximum absolute atomic E-state index is 12.3. The zero-order valence-corrected chi connectivity index (χ0v) is 14.9. The average Bonchev–Trinajstić information content (AvgIpc) is 2.69. The molecule has 2 aromatic carbocycles. The minimum atomic E-state index is -0.413. The molecule has 0 saturated heterocycles. The number of carbonyl (C=O) groups is 1. The van der Waals surface area contributed by atoms with Crippen LogP contribution in [0.3, 0.4) is 0 Å². The van der Waals surface area contributed by atoms with Gasteiger partial charge in [0.1, 0.15) is 5.56 Å². The molecule has 3 aromatic rings. The van der Waals surface area contributed by atoms with E-state index in [1.54, 1.807) is 13.1 Å². The summed E-state index contributed by atoms with van der Waals surface area (Å²) < 4.78 is 5.15. The molecule has 0 N–H and O–H groups in total. The van der Waals surface area contributed by atoms with Crippen molar-refractivity contribution in [3.8, 4) is 11.3 Å². The number of rotatable bonds is 6. The van der Waals surface area contributed by atoms with Gasteiger partial charge in [-0.15, -0.1) is 0 Å². The summed E-state index contributed by atoms with van der Waals surface area (Å²) in [5, 5.41) is 0. The Morgan fingerprint density at radius 2 is 1.69 bits per heavy atom. The molecule has 0 atom stereocenters. The van der Waals surface area contributed by atoms with Crippen LogP contribution in [0.5, 0.6) is 0 Å². The quantitative estimate of drug-likeness (QED) is 0.632. The molecule has 0 saturated carbocycles. The van der Waals surface area contributed by atoms with Crippen molar-refractivity contribution in [2.24, 2.45) is 0 Å². The first kappa shape index (κ1) is 17.6. The van der Waals surface area contributed by atoms with Gasteiger partial charge in [0, 0.05) is 25.4 Å². The van der Waals surface area contributed by atoms with Crippen LogP contribution in [0.15, 0.2) is 66.9 Å². The fourth-order valence-corrected chi connectivity index (χ4v) is 2.66. The van der Waals surface area contributed by atoms with E-state index in [0.717, 1.165) is 11.1 Å². The monoisotopic (exact) mass is 347 g/mol. The van der Waals surface area contributed by atoms with Crippen molar-refractivity contribution >= 4 is 11.9 Å². The molecule has 0 aliphatic rings. The number of anilines is 1. The highest BCUT2D eigenvalue weighted by atomic mass is 16.5. The van der Waals surface area contributed by atoms with E-state index in [1.165, 1.54) is 0 Å². The van der Waals surface area contributed by atoms with Crippen LogP contribution in [0.1, 0.15) is 22.8 Å². The summed E-state index contributed by atoms with van der Waals surface area (Å²) in [5.41, 5.74) is 2.96. The summed E-state index contributed by atoms with van der Waals surface area (Å²) >= 11 is 0. The molecule has 5 heteroatoms. The summed E-state index contributed by atoms with van der Waals surface area (Å²) in [7, 11) is 1.93. The fourth-order valence-electron chi connectivity index (χ4n) is 2.66. The Morgan fingerprint density at radius 1 is 1.04 bits per heavy atom. The van der Waals surface area contributed by atoms with Gasteiger partial charge in [0.2, 0.25) is 5.95 Å². The number of benzene rings is 2. The Labute approximate surface area is 153 Å². The SMILES string of the molecule is CCOC(=O)c1cnc(N(C)Cc2ccccc2)nc1-c1ccccc1. The molecule has 0 radical (unpaired) electrons. The number of hydrogen-bond acceptors (Lipinski definition) is 5. The van der Waals surface area contributed by atoms with Gasteiger partial charge in [-0.25, -0.2) is 14.8 Å². The second-order valence-electron chi connectivity index (χ2n) is 5.86. The van der Waals surface area contributed by atoms with E-state index in [9.17, 15) is 4.79 Å². The highest BCUT2D eigenvalue weighted by molar-refractivity contribution is 5.96. The summed E-state index contributed by atoms with van der Waals surface area (Å²) in [6.07, 6.45) is 1.55. The maximum atomic E-state index is 12.3. The number of nitrogens with zero attached hydrogens (tertiary/aromatic N) is 3. The van der Waals surface area contributed by atoms with Crippen molar-refractivity contribution in [1.29, 1.82) is 0 Å². The first-order valence-corrected chi connectivity index (χ1v) is 8.53. The van der Waals surface area contributed by atoms with Crippen LogP contribution < -0.4 is 4.90 Å². The Hall–Kier alpha value is -3.21. The van der Waals surface area contributed by atoms with Crippen LogP contribution in [-0.2, 0) is 11.3 Å². The normalized spacial score (nSPS) is 10.4. The topological polar surface area (TPSA) is 55.3 Å². The molecule has 1 aromatic heterocycles. The van der Waals surface area contributed by atoms with E-state index < -0.39 is 5.97 Å². The summed E-state index contributed by atoms with van der Waals surface area (Å²) in [4.78, 5) is 23.3. The Kier molecular flexibility index (Phi) is 5.59.